The van der Waals surface area contributed by atoms with E-state index in [-0.39, 0.29) is 12.2 Å². The predicted octanol–water partition coefficient (Wildman–Crippen LogP) is 0.382. The molecule has 6 heteroatoms. The van der Waals surface area contributed by atoms with Crippen molar-refractivity contribution in [3.63, 3.8) is 0 Å². The molecule has 3 N–H and O–H groups in total. The first kappa shape index (κ1) is 14.0. The molecule has 3 atom stereocenters. The molecule has 0 radical (unpaired) electrons. The molecule has 1 saturated heterocycles. The molecule has 0 aromatic heterocycles. The maximum atomic E-state index is 12.9. The van der Waals surface area contributed by atoms with Crippen molar-refractivity contribution in [1.29, 1.82) is 0 Å². The quantitative estimate of drug-likeness (QED) is 0.441. The fourth-order valence-corrected chi connectivity index (χ4v) is 4.27. The topological polar surface area (TPSA) is 98.1 Å². The Bertz CT molecular complexity index is 445. The third-order valence-electron chi connectivity index (χ3n) is 5.43. The number of rotatable bonds is 0. The molecule has 0 aromatic carbocycles. The van der Waals surface area contributed by atoms with E-state index in [0.717, 1.165) is 19.3 Å². The number of carbonyl (C=O) groups is 2. The number of aliphatic hydroxyl groups is 2. The van der Waals surface area contributed by atoms with Crippen LogP contribution in [0.5, 0.6) is 0 Å². The molecule has 2 aliphatic carbocycles. The molecule has 0 bridgehead atoms. The summed E-state index contributed by atoms with van der Waals surface area (Å²) in [6.07, 6.45) is 2.03. The number of Topliss-reactive ketones (excluding diaryl/α,β-unsaturated/α-hetero) is 1. The van der Waals surface area contributed by atoms with Gasteiger partial charge in [-0.15, -0.1) is 0 Å². The molecule has 1 heterocycles. The minimum atomic E-state index is -1.63. The molecule has 3 fully saturated rings. The highest BCUT2D eigenvalue weighted by molar-refractivity contribution is 6.16. The smallest absolute Gasteiger partial charge is 0.260 e. The van der Waals surface area contributed by atoms with Gasteiger partial charge in [0.1, 0.15) is 11.5 Å². The summed E-state index contributed by atoms with van der Waals surface area (Å²) in [6.45, 7) is 0. The van der Waals surface area contributed by atoms with Crippen LogP contribution in [0, 0.1) is 5.41 Å². The predicted molar refractivity (Wildman–Crippen MR) is 67.8 cm³/mol. The summed E-state index contributed by atoms with van der Waals surface area (Å²) in [5, 5.41) is 30.8. The summed E-state index contributed by atoms with van der Waals surface area (Å²) in [5.74, 6) is -0.973. The van der Waals surface area contributed by atoms with Gasteiger partial charge in [-0.25, -0.2) is 5.06 Å². The van der Waals surface area contributed by atoms with Crippen LogP contribution in [0.3, 0.4) is 0 Å². The van der Waals surface area contributed by atoms with E-state index in [1.807, 2.05) is 0 Å². The molecule has 6 nitrogen and oxygen atoms in total. The second-order valence-corrected chi connectivity index (χ2v) is 6.42. The molecule has 112 valence electrons. The molecular weight excluding hydrogens is 262 g/mol. The van der Waals surface area contributed by atoms with Crippen LogP contribution in [-0.4, -0.2) is 49.9 Å². The SMILES string of the molecule is O=C1N(O)[C@@]2(CCC[C@@H](O)[C@@H]2O)C(=O)C12CCCCC2. The van der Waals surface area contributed by atoms with Crippen LogP contribution in [0.15, 0.2) is 0 Å². The van der Waals surface area contributed by atoms with E-state index in [4.69, 9.17) is 0 Å². The molecule has 3 rings (SSSR count). The van der Waals surface area contributed by atoms with E-state index in [1.54, 1.807) is 0 Å². The minimum absolute atomic E-state index is 0.216. The first-order valence-corrected chi connectivity index (χ1v) is 7.41. The molecule has 2 saturated carbocycles. The zero-order valence-electron chi connectivity index (χ0n) is 11.4. The van der Waals surface area contributed by atoms with Crippen LogP contribution in [0.25, 0.3) is 0 Å². The van der Waals surface area contributed by atoms with E-state index in [2.05, 4.69) is 0 Å². The second-order valence-electron chi connectivity index (χ2n) is 6.42. The van der Waals surface area contributed by atoms with Crippen LogP contribution in [-0.2, 0) is 9.59 Å². The van der Waals surface area contributed by atoms with Crippen LogP contribution >= 0.6 is 0 Å². The van der Waals surface area contributed by atoms with Gasteiger partial charge in [0.05, 0.1) is 6.10 Å². The molecule has 20 heavy (non-hydrogen) atoms. The van der Waals surface area contributed by atoms with Gasteiger partial charge in [0.2, 0.25) is 0 Å². The van der Waals surface area contributed by atoms with Crippen molar-refractivity contribution in [2.45, 2.75) is 69.1 Å². The van der Waals surface area contributed by atoms with Gasteiger partial charge in [-0.05, 0) is 32.1 Å². The van der Waals surface area contributed by atoms with Crippen LogP contribution in [0.4, 0.5) is 0 Å². The van der Waals surface area contributed by atoms with Gasteiger partial charge in [0, 0.05) is 0 Å². The number of ketones is 1. The second kappa shape index (κ2) is 4.51. The van der Waals surface area contributed by atoms with Crippen molar-refractivity contribution in [2.75, 3.05) is 0 Å². The van der Waals surface area contributed by atoms with E-state index in [9.17, 15) is 25.0 Å². The van der Waals surface area contributed by atoms with Crippen molar-refractivity contribution in [2.24, 2.45) is 5.41 Å². The van der Waals surface area contributed by atoms with Gasteiger partial charge in [-0.1, -0.05) is 19.3 Å². The van der Waals surface area contributed by atoms with E-state index in [0.29, 0.717) is 30.7 Å². The summed E-state index contributed by atoms with van der Waals surface area (Å²) in [7, 11) is 0. The molecule has 1 aliphatic heterocycles. The maximum absolute atomic E-state index is 12.9. The third-order valence-corrected chi connectivity index (χ3v) is 5.43. The van der Waals surface area contributed by atoms with Crippen molar-refractivity contribution in [3.8, 4) is 0 Å². The number of hydroxylamine groups is 2. The highest BCUT2D eigenvalue weighted by Crippen LogP contribution is 2.52. The molecular formula is C14H21NO5. The van der Waals surface area contributed by atoms with Crippen LogP contribution in [0.1, 0.15) is 51.4 Å². The summed E-state index contributed by atoms with van der Waals surface area (Å²) in [6, 6.07) is 0. The average molecular weight is 283 g/mol. The highest BCUT2D eigenvalue weighted by Gasteiger charge is 2.70. The lowest BCUT2D eigenvalue weighted by Gasteiger charge is -2.42. The minimum Gasteiger partial charge on any atom is -0.390 e. The number of carbonyl (C=O) groups excluding carboxylic acids is 2. The lowest BCUT2D eigenvalue weighted by molar-refractivity contribution is -0.215. The summed E-state index contributed by atoms with van der Waals surface area (Å²) < 4.78 is 0. The normalized spacial score (nSPS) is 40.9. The number of nitrogens with zero attached hydrogens (tertiary/aromatic N) is 1. The molecule has 1 amide bonds. The van der Waals surface area contributed by atoms with Gasteiger partial charge in [0.15, 0.2) is 11.3 Å². The number of hydrogen-bond donors (Lipinski definition) is 3. The Labute approximate surface area is 117 Å². The molecule has 2 spiro atoms. The fraction of sp³-hybridized carbons (Fsp3) is 0.857. The van der Waals surface area contributed by atoms with Crippen LogP contribution < -0.4 is 0 Å². The zero-order valence-corrected chi connectivity index (χ0v) is 11.4. The summed E-state index contributed by atoms with van der Waals surface area (Å²) >= 11 is 0. The first-order chi connectivity index (χ1) is 9.47. The van der Waals surface area contributed by atoms with Gasteiger partial charge in [0.25, 0.3) is 5.91 Å². The first-order valence-electron chi connectivity index (χ1n) is 7.41. The van der Waals surface area contributed by atoms with Crippen LogP contribution in [0.2, 0.25) is 0 Å². The average Bonchev–Trinajstić information content (AvgIpc) is 2.61. The lowest BCUT2D eigenvalue weighted by Crippen LogP contribution is -2.63. The molecule has 3 aliphatic rings. The summed E-state index contributed by atoms with van der Waals surface area (Å²) in [4.78, 5) is 25.4. The number of amides is 1. The Hall–Kier alpha value is -0.980. The molecule has 0 unspecified atom stereocenters. The Morgan fingerprint density at radius 3 is 2.30 bits per heavy atom. The Balaban J connectivity index is 2.05. The standard InChI is InChI=1S/C14H21NO5/c16-9-5-4-8-14(10(9)17)11(18)13(12(19)15(14)20)6-2-1-3-7-13/h9-10,16-17,20H,1-8H2/t9-,10+,14-/m1/s1. The lowest BCUT2D eigenvalue weighted by atomic mass is 9.65. The van der Waals surface area contributed by atoms with Gasteiger partial charge in [-0.2, -0.15) is 0 Å². The third kappa shape index (κ3) is 1.50. The number of aliphatic hydroxyl groups excluding tert-OH is 2. The highest BCUT2D eigenvalue weighted by atomic mass is 16.5. The Kier molecular flexibility index (Phi) is 3.15. The largest absolute Gasteiger partial charge is 0.390 e. The van der Waals surface area contributed by atoms with Crippen molar-refractivity contribution >= 4 is 11.7 Å². The van der Waals surface area contributed by atoms with E-state index < -0.39 is 29.1 Å². The van der Waals surface area contributed by atoms with Crippen molar-refractivity contribution in [1.82, 2.24) is 5.06 Å². The zero-order chi connectivity index (χ0) is 14.5. The fourth-order valence-electron chi connectivity index (χ4n) is 4.27. The van der Waals surface area contributed by atoms with Crippen molar-refractivity contribution < 1.29 is 25.0 Å². The monoisotopic (exact) mass is 283 g/mol. The van der Waals surface area contributed by atoms with Gasteiger partial charge < -0.3 is 10.2 Å². The Morgan fingerprint density at radius 1 is 1.00 bits per heavy atom. The van der Waals surface area contributed by atoms with Gasteiger partial charge >= 0.3 is 0 Å². The maximum Gasteiger partial charge on any atom is 0.260 e. The van der Waals surface area contributed by atoms with Gasteiger partial charge in [-0.3, -0.25) is 14.8 Å². The molecule has 0 aromatic rings. The Morgan fingerprint density at radius 2 is 1.65 bits per heavy atom. The summed E-state index contributed by atoms with van der Waals surface area (Å²) in [5.41, 5.74) is -2.81. The van der Waals surface area contributed by atoms with E-state index in [1.165, 1.54) is 0 Å². The number of hydrogen-bond acceptors (Lipinski definition) is 5. The van der Waals surface area contributed by atoms with Crippen molar-refractivity contribution in [3.05, 3.63) is 0 Å². The van der Waals surface area contributed by atoms with E-state index >= 15 is 0 Å².